The second kappa shape index (κ2) is 6.76. The molecule has 0 aliphatic rings. The molecule has 0 bridgehead atoms. The van der Waals surface area contributed by atoms with Crippen LogP contribution in [0.15, 0.2) is 23.1 Å². The molecule has 6 nitrogen and oxygen atoms in total. The highest BCUT2D eigenvalue weighted by Gasteiger charge is 2.17. The van der Waals surface area contributed by atoms with Gasteiger partial charge in [0.05, 0.1) is 10.6 Å². The number of nitrogens with one attached hydrogen (secondary N) is 1. The molecular formula is C12H16ClNO5S2. The highest BCUT2D eigenvalue weighted by atomic mass is 35.7. The van der Waals surface area contributed by atoms with E-state index in [0.29, 0.717) is 5.56 Å². The number of hydrogen-bond donors (Lipinski definition) is 1. The summed E-state index contributed by atoms with van der Waals surface area (Å²) in [5.41, 5.74) is 0.531. The van der Waals surface area contributed by atoms with Crippen LogP contribution in [-0.2, 0) is 18.9 Å². The molecule has 9 heteroatoms. The van der Waals surface area contributed by atoms with E-state index < -0.39 is 24.8 Å². The molecule has 0 unspecified atom stereocenters. The Morgan fingerprint density at radius 2 is 1.86 bits per heavy atom. The van der Waals surface area contributed by atoms with Crippen LogP contribution in [0.25, 0.3) is 0 Å². The van der Waals surface area contributed by atoms with Crippen molar-refractivity contribution in [2.45, 2.75) is 18.7 Å². The molecule has 0 radical (unpaired) electrons. The second-order valence-electron chi connectivity index (χ2n) is 4.41. The number of aryl methyl sites for hydroxylation is 1. The van der Waals surface area contributed by atoms with Crippen molar-refractivity contribution in [2.24, 2.45) is 0 Å². The number of carbonyl (C=O) groups excluding carboxylic acids is 1. The molecule has 1 N–H and O–H groups in total. The molecule has 0 saturated carbocycles. The third-order valence-corrected chi connectivity index (χ3v) is 6.02. The minimum Gasteiger partial charge on any atom is -0.351 e. The number of sulfone groups is 1. The minimum atomic E-state index is -3.94. The van der Waals surface area contributed by atoms with Crippen molar-refractivity contribution in [1.29, 1.82) is 0 Å². The maximum Gasteiger partial charge on any atom is 0.261 e. The lowest BCUT2D eigenvalue weighted by Gasteiger charge is -2.08. The summed E-state index contributed by atoms with van der Waals surface area (Å²) >= 11 is 0. The lowest BCUT2D eigenvalue weighted by molar-refractivity contribution is 0.0956. The van der Waals surface area contributed by atoms with Crippen molar-refractivity contribution in [3.8, 4) is 0 Å². The van der Waals surface area contributed by atoms with Gasteiger partial charge in [-0.1, -0.05) is 13.0 Å². The molecule has 118 valence electrons. The molecule has 0 heterocycles. The Hall–Kier alpha value is -1.12. The van der Waals surface area contributed by atoms with Crippen molar-refractivity contribution in [3.05, 3.63) is 29.3 Å². The van der Waals surface area contributed by atoms with Crippen molar-refractivity contribution in [1.82, 2.24) is 5.32 Å². The summed E-state index contributed by atoms with van der Waals surface area (Å²) < 4.78 is 45.3. The van der Waals surface area contributed by atoms with Crippen molar-refractivity contribution >= 4 is 35.5 Å². The Balaban J connectivity index is 2.85. The highest BCUT2D eigenvalue weighted by Crippen LogP contribution is 2.20. The SMILES string of the molecule is CCS(=O)(=O)CCNC(=O)c1ccc(C)c(S(=O)(=O)Cl)c1. The molecule has 0 aliphatic carbocycles. The average Bonchev–Trinajstić information content (AvgIpc) is 2.37. The Morgan fingerprint density at radius 3 is 2.38 bits per heavy atom. The summed E-state index contributed by atoms with van der Waals surface area (Å²) in [6.45, 7) is 3.05. The fourth-order valence-corrected chi connectivity index (χ4v) is 3.49. The van der Waals surface area contributed by atoms with Gasteiger partial charge < -0.3 is 5.32 Å². The van der Waals surface area contributed by atoms with Crippen LogP contribution in [0.1, 0.15) is 22.8 Å². The fraction of sp³-hybridized carbons (Fsp3) is 0.417. The molecule has 1 rings (SSSR count). The quantitative estimate of drug-likeness (QED) is 0.772. The molecule has 0 aromatic heterocycles. The van der Waals surface area contributed by atoms with E-state index in [1.54, 1.807) is 6.92 Å². The van der Waals surface area contributed by atoms with E-state index in [1.807, 2.05) is 0 Å². The minimum absolute atomic E-state index is 0.00203. The molecule has 0 fully saturated rings. The summed E-state index contributed by atoms with van der Waals surface area (Å²) in [6.07, 6.45) is 0. The third-order valence-electron chi connectivity index (χ3n) is 2.85. The molecular weight excluding hydrogens is 338 g/mol. The summed E-state index contributed by atoms with van der Waals surface area (Å²) in [5, 5.41) is 2.43. The smallest absolute Gasteiger partial charge is 0.261 e. The zero-order valence-corrected chi connectivity index (χ0v) is 14.0. The van der Waals surface area contributed by atoms with Gasteiger partial charge in [0.25, 0.3) is 15.0 Å². The Kier molecular flexibility index (Phi) is 5.77. The maximum absolute atomic E-state index is 11.9. The van der Waals surface area contributed by atoms with Gasteiger partial charge >= 0.3 is 0 Å². The van der Waals surface area contributed by atoms with E-state index in [4.69, 9.17) is 10.7 Å². The molecule has 0 aliphatic heterocycles. The summed E-state index contributed by atoms with van der Waals surface area (Å²) in [7, 11) is -1.82. The first-order valence-electron chi connectivity index (χ1n) is 6.11. The van der Waals surface area contributed by atoms with Crippen LogP contribution >= 0.6 is 10.7 Å². The van der Waals surface area contributed by atoms with E-state index in [1.165, 1.54) is 25.1 Å². The molecule has 1 aromatic rings. The van der Waals surface area contributed by atoms with E-state index in [2.05, 4.69) is 5.32 Å². The standard InChI is InChI=1S/C12H16ClNO5S2/c1-3-20(16,17)7-6-14-12(15)10-5-4-9(2)11(8-10)21(13,18)19/h4-5,8H,3,6-7H2,1-2H3,(H,14,15). The van der Waals surface area contributed by atoms with Gasteiger partial charge in [0.2, 0.25) is 0 Å². The van der Waals surface area contributed by atoms with Gasteiger partial charge in [-0.15, -0.1) is 0 Å². The van der Waals surface area contributed by atoms with Crippen LogP contribution in [0, 0.1) is 6.92 Å². The number of hydrogen-bond acceptors (Lipinski definition) is 5. The van der Waals surface area contributed by atoms with Gasteiger partial charge in [0.1, 0.15) is 0 Å². The first-order valence-corrected chi connectivity index (χ1v) is 10.2. The van der Waals surface area contributed by atoms with Gasteiger partial charge in [0.15, 0.2) is 9.84 Å². The van der Waals surface area contributed by atoms with Crippen LogP contribution in [0.3, 0.4) is 0 Å². The molecule has 0 spiro atoms. The predicted molar refractivity (Wildman–Crippen MR) is 80.9 cm³/mol. The zero-order valence-electron chi connectivity index (χ0n) is 11.6. The van der Waals surface area contributed by atoms with Gasteiger partial charge in [-0.2, -0.15) is 0 Å². The second-order valence-corrected chi connectivity index (χ2v) is 9.42. The van der Waals surface area contributed by atoms with Gasteiger partial charge in [-0.05, 0) is 24.6 Å². The summed E-state index contributed by atoms with van der Waals surface area (Å²) in [5.74, 6) is -0.716. The average molecular weight is 354 g/mol. The normalized spacial score (nSPS) is 12.1. The van der Waals surface area contributed by atoms with Crippen molar-refractivity contribution < 1.29 is 21.6 Å². The van der Waals surface area contributed by atoms with Crippen LogP contribution in [0.4, 0.5) is 0 Å². The van der Waals surface area contributed by atoms with Crippen LogP contribution < -0.4 is 5.32 Å². The van der Waals surface area contributed by atoms with E-state index in [0.717, 1.165) is 0 Å². The molecule has 0 atom stereocenters. The summed E-state index contributed by atoms with van der Waals surface area (Å²) in [4.78, 5) is 11.7. The number of benzene rings is 1. The van der Waals surface area contributed by atoms with E-state index >= 15 is 0 Å². The van der Waals surface area contributed by atoms with E-state index in [9.17, 15) is 21.6 Å². The van der Waals surface area contributed by atoms with E-state index in [-0.39, 0.29) is 28.5 Å². The van der Waals surface area contributed by atoms with Crippen LogP contribution in [0.2, 0.25) is 0 Å². The largest absolute Gasteiger partial charge is 0.351 e. The number of amides is 1. The molecule has 21 heavy (non-hydrogen) atoms. The highest BCUT2D eigenvalue weighted by molar-refractivity contribution is 8.13. The fourth-order valence-electron chi connectivity index (χ4n) is 1.57. The van der Waals surface area contributed by atoms with Crippen molar-refractivity contribution in [2.75, 3.05) is 18.1 Å². The topological polar surface area (TPSA) is 97.4 Å². The van der Waals surface area contributed by atoms with Crippen molar-refractivity contribution in [3.63, 3.8) is 0 Å². The number of carbonyl (C=O) groups is 1. The zero-order chi connectivity index (χ0) is 16.3. The maximum atomic E-state index is 11.9. The Morgan fingerprint density at radius 1 is 1.24 bits per heavy atom. The Labute approximate surface area is 128 Å². The van der Waals surface area contributed by atoms with Gasteiger partial charge in [-0.3, -0.25) is 4.79 Å². The van der Waals surface area contributed by atoms with Crippen LogP contribution in [0.5, 0.6) is 0 Å². The third kappa shape index (κ3) is 5.29. The monoisotopic (exact) mass is 353 g/mol. The lowest BCUT2D eigenvalue weighted by atomic mass is 10.1. The van der Waals surface area contributed by atoms with Gasteiger partial charge in [-0.25, -0.2) is 16.8 Å². The van der Waals surface area contributed by atoms with Crippen LogP contribution in [-0.4, -0.2) is 40.8 Å². The first kappa shape index (κ1) is 17.9. The number of rotatable bonds is 6. The summed E-state index contributed by atoms with van der Waals surface area (Å²) in [6, 6.07) is 4.08. The Bertz CT molecular complexity index is 741. The lowest BCUT2D eigenvalue weighted by Crippen LogP contribution is -2.29. The molecule has 0 saturated heterocycles. The molecule has 1 amide bonds. The predicted octanol–water partition coefficient (Wildman–Crippen LogP) is 1.09. The van der Waals surface area contributed by atoms with Gasteiger partial charge in [0, 0.05) is 28.5 Å². The number of halogens is 1. The molecule has 1 aromatic carbocycles. The first-order chi connectivity index (χ1) is 9.57.